The van der Waals surface area contributed by atoms with Gasteiger partial charge in [0.2, 0.25) is 5.91 Å². The highest BCUT2D eigenvalue weighted by molar-refractivity contribution is 5.90. The Labute approximate surface area is 180 Å². The molecular formula is C23H26N4O4. The number of carboxylic acids is 1. The standard InChI is InChI=1S/C23H26N4O4/c1-4-19(16-9-6-5-7-10-16)27-22-17(13-14-20(25-22)26(3)15(2)28)24-18(23(27)31)11-8-12-21(29)30/h5-7,9-10,13-14,19H,4,8,11-12H2,1-3H3,(H,29,30)/t19-/m0/s1. The summed E-state index contributed by atoms with van der Waals surface area (Å²) in [6.45, 7) is 3.44. The van der Waals surface area contributed by atoms with E-state index in [1.54, 1.807) is 23.7 Å². The van der Waals surface area contributed by atoms with Crippen LogP contribution < -0.4 is 10.5 Å². The van der Waals surface area contributed by atoms with E-state index in [4.69, 9.17) is 5.11 Å². The van der Waals surface area contributed by atoms with Crippen molar-refractivity contribution in [3.8, 4) is 0 Å². The first-order chi connectivity index (χ1) is 14.8. The molecule has 0 aliphatic carbocycles. The Morgan fingerprint density at radius 1 is 1.13 bits per heavy atom. The number of aromatic nitrogens is 3. The lowest BCUT2D eigenvalue weighted by Gasteiger charge is -2.22. The van der Waals surface area contributed by atoms with Gasteiger partial charge < -0.3 is 10.0 Å². The van der Waals surface area contributed by atoms with Crippen LogP contribution in [0.5, 0.6) is 0 Å². The highest BCUT2D eigenvalue weighted by Crippen LogP contribution is 2.25. The van der Waals surface area contributed by atoms with Crippen molar-refractivity contribution < 1.29 is 14.7 Å². The number of rotatable bonds is 8. The highest BCUT2D eigenvalue weighted by Gasteiger charge is 2.21. The molecule has 2 heterocycles. The maximum absolute atomic E-state index is 13.5. The maximum atomic E-state index is 13.5. The van der Waals surface area contributed by atoms with Crippen molar-refractivity contribution in [1.82, 2.24) is 14.5 Å². The van der Waals surface area contributed by atoms with E-state index in [1.807, 2.05) is 37.3 Å². The van der Waals surface area contributed by atoms with Crippen LogP contribution in [0.2, 0.25) is 0 Å². The van der Waals surface area contributed by atoms with Crippen LogP contribution in [-0.2, 0) is 16.0 Å². The van der Waals surface area contributed by atoms with Gasteiger partial charge in [0.15, 0.2) is 5.65 Å². The van der Waals surface area contributed by atoms with Crippen LogP contribution in [0.4, 0.5) is 5.82 Å². The number of pyridine rings is 1. The van der Waals surface area contributed by atoms with Gasteiger partial charge in [-0.3, -0.25) is 19.0 Å². The first-order valence-electron chi connectivity index (χ1n) is 10.3. The Bertz CT molecular complexity index is 1160. The molecule has 1 atom stereocenters. The normalized spacial score (nSPS) is 12.0. The summed E-state index contributed by atoms with van der Waals surface area (Å²) in [5, 5.41) is 8.94. The smallest absolute Gasteiger partial charge is 0.303 e. The van der Waals surface area contributed by atoms with E-state index < -0.39 is 5.97 Å². The Balaban J connectivity index is 2.23. The van der Waals surface area contributed by atoms with Gasteiger partial charge in [0.05, 0.1) is 6.04 Å². The van der Waals surface area contributed by atoms with Gasteiger partial charge in [-0.1, -0.05) is 37.3 Å². The summed E-state index contributed by atoms with van der Waals surface area (Å²) < 4.78 is 1.63. The number of carboxylic acid groups (broad SMARTS) is 1. The SMILES string of the molecule is CC[C@@H](c1ccccc1)n1c(=O)c(CCCC(=O)O)nc2ccc(N(C)C(C)=O)nc21. The van der Waals surface area contributed by atoms with E-state index in [-0.39, 0.29) is 30.3 Å². The molecule has 0 spiro atoms. The van der Waals surface area contributed by atoms with Gasteiger partial charge in [0.1, 0.15) is 17.0 Å². The Morgan fingerprint density at radius 2 is 1.84 bits per heavy atom. The molecule has 0 bridgehead atoms. The minimum Gasteiger partial charge on any atom is -0.481 e. The van der Waals surface area contributed by atoms with E-state index in [2.05, 4.69) is 9.97 Å². The van der Waals surface area contributed by atoms with Crippen LogP contribution in [-0.4, -0.2) is 38.6 Å². The van der Waals surface area contributed by atoms with E-state index in [0.29, 0.717) is 35.5 Å². The molecule has 0 fully saturated rings. The molecule has 0 unspecified atom stereocenters. The summed E-state index contributed by atoms with van der Waals surface area (Å²) in [6, 6.07) is 12.8. The van der Waals surface area contributed by atoms with Crippen molar-refractivity contribution in [1.29, 1.82) is 0 Å². The number of benzene rings is 1. The number of hydrogen-bond donors (Lipinski definition) is 1. The van der Waals surface area contributed by atoms with Gasteiger partial charge in [-0.2, -0.15) is 0 Å². The average molecular weight is 422 g/mol. The van der Waals surface area contributed by atoms with E-state index in [0.717, 1.165) is 5.56 Å². The number of nitrogens with zero attached hydrogens (tertiary/aromatic N) is 4. The number of amides is 1. The van der Waals surface area contributed by atoms with Gasteiger partial charge in [0, 0.05) is 20.4 Å². The molecular weight excluding hydrogens is 396 g/mol. The summed E-state index contributed by atoms with van der Waals surface area (Å²) >= 11 is 0. The highest BCUT2D eigenvalue weighted by atomic mass is 16.4. The van der Waals surface area contributed by atoms with Crippen molar-refractivity contribution in [2.24, 2.45) is 0 Å². The average Bonchev–Trinajstić information content (AvgIpc) is 2.76. The number of hydrogen-bond acceptors (Lipinski definition) is 5. The molecule has 0 radical (unpaired) electrons. The summed E-state index contributed by atoms with van der Waals surface area (Å²) in [4.78, 5) is 46.7. The molecule has 0 saturated heterocycles. The molecule has 162 valence electrons. The number of fused-ring (bicyclic) bond motifs is 1. The zero-order valence-electron chi connectivity index (χ0n) is 17.9. The number of anilines is 1. The van der Waals surface area contributed by atoms with Gasteiger partial charge >= 0.3 is 5.97 Å². The van der Waals surface area contributed by atoms with Crippen LogP contribution in [0.3, 0.4) is 0 Å². The quantitative estimate of drug-likeness (QED) is 0.598. The zero-order chi connectivity index (χ0) is 22.5. The summed E-state index contributed by atoms with van der Waals surface area (Å²) in [5.41, 5.74) is 1.91. The third-order valence-electron chi connectivity index (χ3n) is 5.29. The lowest BCUT2D eigenvalue weighted by atomic mass is 10.0. The molecule has 0 aliphatic rings. The van der Waals surface area contributed by atoms with Crippen LogP contribution in [0.1, 0.15) is 50.4 Å². The summed E-state index contributed by atoms with van der Waals surface area (Å²) in [6.07, 6.45) is 1.20. The first-order valence-corrected chi connectivity index (χ1v) is 10.3. The molecule has 1 aromatic carbocycles. The van der Waals surface area contributed by atoms with E-state index in [1.165, 1.54) is 11.8 Å². The fraction of sp³-hybridized carbons (Fsp3) is 0.348. The van der Waals surface area contributed by atoms with Gasteiger partial charge in [-0.25, -0.2) is 9.97 Å². The Morgan fingerprint density at radius 3 is 2.45 bits per heavy atom. The number of carbonyl (C=O) groups excluding carboxylic acids is 1. The van der Waals surface area contributed by atoms with Crippen molar-refractivity contribution >= 4 is 28.9 Å². The minimum atomic E-state index is -0.907. The molecule has 8 nitrogen and oxygen atoms in total. The van der Waals surface area contributed by atoms with Crippen molar-refractivity contribution in [2.45, 2.75) is 45.6 Å². The van der Waals surface area contributed by atoms with Gasteiger partial charge in [0.25, 0.3) is 5.56 Å². The predicted molar refractivity (Wildman–Crippen MR) is 118 cm³/mol. The molecule has 1 amide bonds. The molecule has 0 saturated carbocycles. The van der Waals surface area contributed by atoms with Crippen LogP contribution in [0.15, 0.2) is 47.3 Å². The lowest BCUT2D eigenvalue weighted by Crippen LogP contribution is -2.31. The monoisotopic (exact) mass is 422 g/mol. The molecule has 8 heteroatoms. The topological polar surface area (TPSA) is 105 Å². The van der Waals surface area contributed by atoms with Crippen molar-refractivity contribution in [3.63, 3.8) is 0 Å². The molecule has 1 N–H and O–H groups in total. The second kappa shape index (κ2) is 9.51. The second-order valence-corrected chi connectivity index (χ2v) is 7.41. The van der Waals surface area contributed by atoms with Gasteiger partial charge in [-0.15, -0.1) is 0 Å². The lowest BCUT2D eigenvalue weighted by molar-refractivity contribution is -0.137. The predicted octanol–water partition coefficient (Wildman–Crippen LogP) is 3.18. The Hall–Kier alpha value is -3.55. The van der Waals surface area contributed by atoms with Crippen molar-refractivity contribution in [2.75, 3.05) is 11.9 Å². The third kappa shape index (κ3) is 4.79. The Kier molecular flexibility index (Phi) is 6.79. The maximum Gasteiger partial charge on any atom is 0.303 e. The summed E-state index contributed by atoms with van der Waals surface area (Å²) in [7, 11) is 1.63. The molecule has 2 aromatic heterocycles. The number of aryl methyl sites for hydroxylation is 1. The van der Waals surface area contributed by atoms with Crippen LogP contribution >= 0.6 is 0 Å². The molecule has 3 rings (SSSR count). The number of aliphatic carboxylic acids is 1. The van der Waals surface area contributed by atoms with E-state index in [9.17, 15) is 14.4 Å². The fourth-order valence-electron chi connectivity index (χ4n) is 3.57. The molecule has 0 aliphatic heterocycles. The fourth-order valence-corrected chi connectivity index (χ4v) is 3.57. The number of carbonyl (C=O) groups is 2. The van der Waals surface area contributed by atoms with Crippen LogP contribution in [0, 0.1) is 0 Å². The molecule has 31 heavy (non-hydrogen) atoms. The summed E-state index contributed by atoms with van der Waals surface area (Å²) in [5.74, 6) is -0.652. The minimum absolute atomic E-state index is 0.0321. The van der Waals surface area contributed by atoms with Gasteiger partial charge in [-0.05, 0) is 37.0 Å². The first kappa shape index (κ1) is 22.1. The third-order valence-corrected chi connectivity index (χ3v) is 5.29. The zero-order valence-corrected chi connectivity index (χ0v) is 17.9. The second-order valence-electron chi connectivity index (χ2n) is 7.41. The molecule has 3 aromatic rings. The largest absolute Gasteiger partial charge is 0.481 e. The van der Waals surface area contributed by atoms with Crippen molar-refractivity contribution in [3.05, 3.63) is 64.1 Å². The van der Waals surface area contributed by atoms with Crippen LogP contribution in [0.25, 0.3) is 11.2 Å². The van der Waals surface area contributed by atoms with E-state index >= 15 is 0 Å².